The Bertz CT molecular complexity index is 1050. The molecule has 10 heteroatoms. The number of amides is 1. The highest BCUT2D eigenvalue weighted by atomic mass is 35.5. The Balaban J connectivity index is 1.79. The summed E-state index contributed by atoms with van der Waals surface area (Å²) in [6.45, 7) is 8.52. The molecule has 2 aromatic rings. The largest absolute Gasteiger partial charge is 0.465 e. The quantitative estimate of drug-likeness (QED) is 0.566. The van der Waals surface area contributed by atoms with Crippen LogP contribution in [-0.4, -0.2) is 84.4 Å². The minimum atomic E-state index is -0.564. The van der Waals surface area contributed by atoms with Crippen molar-refractivity contribution in [2.75, 3.05) is 57.8 Å². The molecule has 33 heavy (non-hydrogen) atoms. The molecule has 0 N–H and O–H groups in total. The predicted octanol–water partition coefficient (Wildman–Crippen LogP) is 2.05. The third-order valence-electron chi connectivity index (χ3n) is 5.84. The van der Waals surface area contributed by atoms with Crippen molar-refractivity contribution in [2.24, 2.45) is 0 Å². The Hall–Kier alpha value is -2.91. The number of halogens is 1. The molecule has 9 nitrogen and oxygen atoms in total. The van der Waals surface area contributed by atoms with Gasteiger partial charge in [0.15, 0.2) is 0 Å². The molecule has 1 aromatic heterocycles. The molecule has 1 saturated heterocycles. The van der Waals surface area contributed by atoms with Gasteiger partial charge < -0.3 is 14.5 Å². The number of para-hydroxylation sites is 1. The van der Waals surface area contributed by atoms with Crippen LogP contribution < -0.4 is 10.5 Å². The number of aromatic nitrogens is 2. The first-order valence-corrected chi connectivity index (χ1v) is 11.5. The van der Waals surface area contributed by atoms with Crippen molar-refractivity contribution in [3.8, 4) is 5.69 Å². The van der Waals surface area contributed by atoms with E-state index < -0.39 is 11.5 Å². The van der Waals surface area contributed by atoms with E-state index in [1.54, 1.807) is 30.5 Å². The molecule has 0 atom stereocenters. The van der Waals surface area contributed by atoms with Gasteiger partial charge in [0.25, 0.3) is 5.56 Å². The molecule has 0 spiro atoms. The van der Waals surface area contributed by atoms with Gasteiger partial charge in [-0.1, -0.05) is 23.7 Å². The van der Waals surface area contributed by atoms with Gasteiger partial charge >= 0.3 is 5.97 Å². The van der Waals surface area contributed by atoms with Crippen molar-refractivity contribution >= 4 is 29.2 Å². The zero-order valence-corrected chi connectivity index (χ0v) is 20.0. The summed E-state index contributed by atoms with van der Waals surface area (Å²) in [5.74, 6) is -0.439. The summed E-state index contributed by atoms with van der Waals surface area (Å²) < 4.78 is 5.93. The van der Waals surface area contributed by atoms with E-state index in [9.17, 15) is 14.4 Å². The Kier molecular flexibility index (Phi) is 8.46. The third kappa shape index (κ3) is 5.54. The van der Waals surface area contributed by atoms with E-state index >= 15 is 0 Å². The number of carbonyl (C=O) groups is 2. The second-order valence-corrected chi connectivity index (χ2v) is 8.13. The first-order chi connectivity index (χ1) is 15.9. The van der Waals surface area contributed by atoms with Crippen LogP contribution in [0.2, 0.25) is 5.02 Å². The van der Waals surface area contributed by atoms with Gasteiger partial charge in [-0.15, -0.1) is 0 Å². The summed E-state index contributed by atoms with van der Waals surface area (Å²) in [5, 5.41) is 4.34. The molecular weight excluding hydrogens is 446 g/mol. The number of ether oxygens (including phenoxy) is 1. The first-order valence-electron chi connectivity index (χ1n) is 11.1. The molecule has 0 radical (unpaired) electrons. The Morgan fingerprint density at radius 3 is 2.52 bits per heavy atom. The van der Waals surface area contributed by atoms with Gasteiger partial charge in [-0.25, -0.2) is 4.79 Å². The van der Waals surface area contributed by atoms with Gasteiger partial charge in [-0.2, -0.15) is 9.78 Å². The second kappa shape index (κ2) is 11.3. The standard InChI is InChI=1S/C23H30ClN5O4/c1-4-27(5-2)20(30)16-26-11-8-12-28(14-13-26)19-15-25-29(22(31)21(19)24)18-10-7-6-9-17(18)23(32)33-3/h6-7,9-10,15H,4-5,8,11-14,16H2,1-3H3. The van der Waals surface area contributed by atoms with Crippen LogP contribution in [0.3, 0.4) is 0 Å². The lowest BCUT2D eigenvalue weighted by Crippen LogP contribution is -2.41. The van der Waals surface area contributed by atoms with Crippen molar-refractivity contribution in [1.82, 2.24) is 19.6 Å². The second-order valence-electron chi connectivity index (χ2n) is 7.75. The summed E-state index contributed by atoms with van der Waals surface area (Å²) in [4.78, 5) is 43.6. The lowest BCUT2D eigenvalue weighted by molar-refractivity contribution is -0.132. The minimum Gasteiger partial charge on any atom is -0.465 e. The van der Waals surface area contributed by atoms with Crippen molar-refractivity contribution in [1.29, 1.82) is 0 Å². The van der Waals surface area contributed by atoms with Crippen LogP contribution >= 0.6 is 11.6 Å². The fraction of sp³-hybridized carbons (Fsp3) is 0.478. The highest BCUT2D eigenvalue weighted by molar-refractivity contribution is 6.33. The molecule has 1 fully saturated rings. The summed E-state index contributed by atoms with van der Waals surface area (Å²) in [6, 6.07) is 6.58. The lowest BCUT2D eigenvalue weighted by Gasteiger charge is -2.26. The van der Waals surface area contributed by atoms with Crippen molar-refractivity contribution in [2.45, 2.75) is 20.3 Å². The number of rotatable bonds is 7. The van der Waals surface area contributed by atoms with Crippen LogP contribution in [0.25, 0.3) is 5.69 Å². The number of carbonyl (C=O) groups excluding carboxylic acids is 2. The lowest BCUT2D eigenvalue weighted by atomic mass is 10.2. The minimum absolute atomic E-state index is 0.0392. The zero-order valence-electron chi connectivity index (χ0n) is 19.3. The SMILES string of the molecule is CCN(CC)C(=O)CN1CCCN(c2cnn(-c3ccccc3C(=O)OC)c(=O)c2Cl)CC1. The molecular formula is C23H30ClN5O4. The van der Waals surface area contributed by atoms with Crippen molar-refractivity contribution in [3.63, 3.8) is 0 Å². The number of methoxy groups -OCH3 is 1. The van der Waals surface area contributed by atoms with E-state index in [2.05, 4.69) is 10.00 Å². The molecule has 1 amide bonds. The van der Waals surface area contributed by atoms with Crippen molar-refractivity contribution in [3.05, 3.63) is 51.4 Å². The van der Waals surface area contributed by atoms with Crippen LogP contribution in [-0.2, 0) is 9.53 Å². The molecule has 0 aliphatic carbocycles. The molecule has 1 aromatic carbocycles. The van der Waals surface area contributed by atoms with E-state index in [1.807, 2.05) is 23.6 Å². The monoisotopic (exact) mass is 475 g/mol. The average molecular weight is 476 g/mol. The highest BCUT2D eigenvalue weighted by Crippen LogP contribution is 2.24. The van der Waals surface area contributed by atoms with Gasteiger partial charge in [0, 0.05) is 39.3 Å². The molecule has 0 bridgehead atoms. The maximum Gasteiger partial charge on any atom is 0.340 e. The van der Waals surface area contributed by atoms with Gasteiger partial charge in [-0.3, -0.25) is 14.5 Å². The Morgan fingerprint density at radius 2 is 1.82 bits per heavy atom. The molecule has 178 valence electrons. The normalized spacial score (nSPS) is 14.6. The first kappa shape index (κ1) is 24.7. The molecule has 1 aliphatic heterocycles. The fourth-order valence-electron chi connectivity index (χ4n) is 3.99. The van der Waals surface area contributed by atoms with E-state index in [0.29, 0.717) is 50.6 Å². The van der Waals surface area contributed by atoms with Crippen LogP contribution in [0.15, 0.2) is 35.3 Å². The smallest absolute Gasteiger partial charge is 0.340 e. The number of benzene rings is 1. The summed E-state index contributed by atoms with van der Waals surface area (Å²) in [5.41, 5.74) is 0.565. The number of nitrogens with zero attached hydrogens (tertiary/aromatic N) is 5. The molecule has 1 aliphatic rings. The number of hydrogen-bond acceptors (Lipinski definition) is 7. The Labute approximate surface area is 198 Å². The van der Waals surface area contributed by atoms with E-state index in [1.165, 1.54) is 7.11 Å². The van der Waals surface area contributed by atoms with Crippen LogP contribution in [0.1, 0.15) is 30.6 Å². The average Bonchev–Trinajstić information content (AvgIpc) is 3.06. The topological polar surface area (TPSA) is 88.0 Å². The summed E-state index contributed by atoms with van der Waals surface area (Å²) in [6.07, 6.45) is 2.38. The third-order valence-corrected chi connectivity index (χ3v) is 6.20. The van der Waals surface area contributed by atoms with Gasteiger partial charge in [-0.05, 0) is 32.4 Å². The van der Waals surface area contributed by atoms with E-state index in [-0.39, 0.29) is 16.5 Å². The van der Waals surface area contributed by atoms with Gasteiger partial charge in [0.1, 0.15) is 5.02 Å². The summed E-state index contributed by atoms with van der Waals surface area (Å²) >= 11 is 6.49. The Morgan fingerprint density at radius 1 is 1.09 bits per heavy atom. The van der Waals surface area contributed by atoms with Crippen LogP contribution in [0.4, 0.5) is 5.69 Å². The van der Waals surface area contributed by atoms with Gasteiger partial charge in [0.05, 0.1) is 36.8 Å². The van der Waals surface area contributed by atoms with Crippen LogP contribution in [0, 0.1) is 0 Å². The number of anilines is 1. The maximum atomic E-state index is 13.1. The van der Waals surface area contributed by atoms with Crippen LogP contribution in [0.5, 0.6) is 0 Å². The number of esters is 1. The number of likely N-dealkylation sites (N-methyl/N-ethyl adjacent to an activating group) is 1. The molecule has 0 unspecified atom stereocenters. The molecule has 2 heterocycles. The maximum absolute atomic E-state index is 13.1. The van der Waals surface area contributed by atoms with E-state index in [0.717, 1.165) is 17.6 Å². The highest BCUT2D eigenvalue weighted by Gasteiger charge is 2.23. The predicted molar refractivity (Wildman–Crippen MR) is 127 cm³/mol. The summed E-state index contributed by atoms with van der Waals surface area (Å²) in [7, 11) is 1.28. The zero-order chi connectivity index (χ0) is 24.0. The number of hydrogen-bond donors (Lipinski definition) is 0. The van der Waals surface area contributed by atoms with E-state index in [4.69, 9.17) is 16.3 Å². The molecule has 3 rings (SSSR count). The van der Waals surface area contributed by atoms with Gasteiger partial charge in [0.2, 0.25) is 5.91 Å². The fourth-order valence-corrected chi connectivity index (χ4v) is 4.24. The molecule has 0 saturated carbocycles. The van der Waals surface area contributed by atoms with Crippen molar-refractivity contribution < 1.29 is 14.3 Å².